The lowest BCUT2D eigenvalue weighted by Crippen LogP contribution is -2.27. The standard InChI is InChI=1S/C17H18N4O3/c1-11-10-19-16(24-11)8-9-18-15(22)7-6-14-17(23)21-13-5-3-2-4-12(13)20-14/h2-5,10H,6-9H2,1H3,(H,18,22)(H,21,23). The van der Waals surface area contributed by atoms with Crippen LogP contribution in [-0.4, -0.2) is 27.4 Å². The molecular weight excluding hydrogens is 308 g/mol. The van der Waals surface area contributed by atoms with E-state index in [9.17, 15) is 9.59 Å². The summed E-state index contributed by atoms with van der Waals surface area (Å²) in [5.74, 6) is 1.21. The molecule has 7 heteroatoms. The smallest absolute Gasteiger partial charge is 0.270 e. The molecule has 0 fully saturated rings. The van der Waals surface area contributed by atoms with Crippen molar-refractivity contribution in [1.29, 1.82) is 0 Å². The first-order valence-electron chi connectivity index (χ1n) is 7.78. The Morgan fingerprint density at radius 2 is 2.12 bits per heavy atom. The van der Waals surface area contributed by atoms with Crippen molar-refractivity contribution in [3.63, 3.8) is 0 Å². The lowest BCUT2D eigenvalue weighted by atomic mass is 10.2. The fraction of sp³-hybridized carbons (Fsp3) is 0.294. The summed E-state index contributed by atoms with van der Waals surface area (Å²) in [6.07, 6.45) is 2.69. The van der Waals surface area contributed by atoms with E-state index < -0.39 is 0 Å². The molecule has 1 amide bonds. The summed E-state index contributed by atoms with van der Waals surface area (Å²) in [5.41, 5.74) is 1.52. The first-order valence-corrected chi connectivity index (χ1v) is 7.78. The van der Waals surface area contributed by atoms with Crippen LogP contribution in [0.3, 0.4) is 0 Å². The zero-order valence-corrected chi connectivity index (χ0v) is 13.3. The second-order valence-corrected chi connectivity index (χ2v) is 5.49. The van der Waals surface area contributed by atoms with Crippen molar-refractivity contribution in [2.24, 2.45) is 0 Å². The number of fused-ring (bicyclic) bond motifs is 1. The number of amides is 1. The number of hydrogen-bond acceptors (Lipinski definition) is 5. The van der Waals surface area contributed by atoms with Crippen molar-refractivity contribution < 1.29 is 9.21 Å². The van der Waals surface area contributed by atoms with Crippen LogP contribution in [0.25, 0.3) is 11.0 Å². The van der Waals surface area contributed by atoms with Crippen LogP contribution in [0.5, 0.6) is 0 Å². The van der Waals surface area contributed by atoms with Gasteiger partial charge in [0.05, 0.1) is 17.2 Å². The first kappa shape index (κ1) is 15.9. The van der Waals surface area contributed by atoms with Gasteiger partial charge in [-0.15, -0.1) is 0 Å². The Kier molecular flexibility index (Phi) is 4.69. The van der Waals surface area contributed by atoms with Crippen molar-refractivity contribution in [1.82, 2.24) is 20.3 Å². The van der Waals surface area contributed by atoms with Crippen LogP contribution >= 0.6 is 0 Å². The quantitative estimate of drug-likeness (QED) is 0.715. The molecule has 0 saturated carbocycles. The van der Waals surface area contributed by atoms with Crippen molar-refractivity contribution in [2.75, 3.05) is 6.54 Å². The number of aryl methyl sites for hydroxylation is 2. The van der Waals surface area contributed by atoms with Gasteiger partial charge in [0.15, 0.2) is 5.89 Å². The average Bonchev–Trinajstić information content (AvgIpc) is 2.98. The Bertz CT molecular complexity index is 913. The topological polar surface area (TPSA) is 101 Å². The van der Waals surface area contributed by atoms with E-state index in [1.807, 2.05) is 25.1 Å². The molecule has 0 aliphatic rings. The molecule has 2 heterocycles. The van der Waals surface area contributed by atoms with E-state index in [0.29, 0.717) is 42.0 Å². The van der Waals surface area contributed by atoms with Gasteiger partial charge in [-0.3, -0.25) is 9.59 Å². The molecule has 0 bridgehead atoms. The molecular formula is C17H18N4O3. The maximum Gasteiger partial charge on any atom is 0.270 e. The lowest BCUT2D eigenvalue weighted by molar-refractivity contribution is -0.121. The summed E-state index contributed by atoms with van der Waals surface area (Å²) in [4.78, 5) is 35.0. The van der Waals surface area contributed by atoms with Crippen LogP contribution in [0.4, 0.5) is 0 Å². The summed E-state index contributed by atoms with van der Waals surface area (Å²) in [5, 5.41) is 2.79. The zero-order valence-electron chi connectivity index (χ0n) is 13.3. The molecule has 0 aliphatic heterocycles. The molecule has 2 N–H and O–H groups in total. The lowest BCUT2D eigenvalue weighted by Gasteiger charge is -2.04. The maximum atomic E-state index is 12.0. The van der Waals surface area contributed by atoms with Gasteiger partial charge in [-0.25, -0.2) is 9.97 Å². The minimum absolute atomic E-state index is 0.132. The predicted octanol–water partition coefficient (Wildman–Crippen LogP) is 1.51. The third kappa shape index (κ3) is 3.87. The van der Waals surface area contributed by atoms with Gasteiger partial charge in [0, 0.05) is 25.8 Å². The van der Waals surface area contributed by atoms with Crippen molar-refractivity contribution in [3.05, 3.63) is 58.2 Å². The average molecular weight is 326 g/mol. The van der Waals surface area contributed by atoms with Crippen LogP contribution in [0.1, 0.15) is 23.8 Å². The number of aromatic amines is 1. The number of benzene rings is 1. The molecule has 2 aromatic heterocycles. The molecule has 3 rings (SSSR count). The van der Waals surface area contributed by atoms with Crippen LogP contribution in [0, 0.1) is 6.92 Å². The van der Waals surface area contributed by atoms with Gasteiger partial charge >= 0.3 is 0 Å². The monoisotopic (exact) mass is 326 g/mol. The van der Waals surface area contributed by atoms with E-state index in [0.717, 1.165) is 5.76 Å². The van der Waals surface area contributed by atoms with Gasteiger partial charge < -0.3 is 14.7 Å². The van der Waals surface area contributed by atoms with Crippen LogP contribution in [-0.2, 0) is 17.6 Å². The Labute approximate surface area is 138 Å². The SMILES string of the molecule is Cc1cnc(CCNC(=O)CCc2nc3ccccc3[nH]c2=O)o1. The third-order valence-electron chi connectivity index (χ3n) is 3.59. The highest BCUT2D eigenvalue weighted by Crippen LogP contribution is 2.07. The molecule has 0 saturated heterocycles. The minimum atomic E-state index is -0.253. The fourth-order valence-corrected chi connectivity index (χ4v) is 2.38. The molecule has 24 heavy (non-hydrogen) atoms. The number of aromatic nitrogens is 3. The second kappa shape index (κ2) is 7.08. The van der Waals surface area contributed by atoms with E-state index in [2.05, 4.69) is 20.3 Å². The van der Waals surface area contributed by atoms with Gasteiger partial charge in [-0.2, -0.15) is 0 Å². The van der Waals surface area contributed by atoms with E-state index in [1.54, 1.807) is 12.3 Å². The normalized spacial score (nSPS) is 10.9. The number of rotatable bonds is 6. The van der Waals surface area contributed by atoms with Crippen LogP contribution in [0.15, 0.2) is 39.7 Å². The highest BCUT2D eigenvalue weighted by atomic mass is 16.4. The third-order valence-corrected chi connectivity index (χ3v) is 3.59. The molecule has 7 nitrogen and oxygen atoms in total. The highest BCUT2D eigenvalue weighted by molar-refractivity contribution is 5.76. The first-order chi connectivity index (χ1) is 11.6. The Balaban J connectivity index is 1.52. The summed E-state index contributed by atoms with van der Waals surface area (Å²) in [7, 11) is 0. The highest BCUT2D eigenvalue weighted by Gasteiger charge is 2.08. The number of para-hydroxylation sites is 2. The number of nitrogens with zero attached hydrogens (tertiary/aromatic N) is 2. The number of hydrogen-bond donors (Lipinski definition) is 2. The Morgan fingerprint density at radius 3 is 2.92 bits per heavy atom. The Morgan fingerprint density at radius 1 is 1.29 bits per heavy atom. The Hall–Kier alpha value is -2.96. The number of nitrogens with one attached hydrogen (secondary N) is 2. The molecule has 3 aromatic rings. The maximum absolute atomic E-state index is 12.0. The molecule has 0 radical (unpaired) electrons. The summed E-state index contributed by atoms with van der Waals surface area (Å²) in [6.45, 7) is 2.27. The van der Waals surface area contributed by atoms with Crippen LogP contribution in [0.2, 0.25) is 0 Å². The van der Waals surface area contributed by atoms with Gasteiger partial charge in [0.25, 0.3) is 5.56 Å². The number of carbonyl (C=O) groups is 1. The summed E-state index contributed by atoms with van der Waals surface area (Å²) >= 11 is 0. The van der Waals surface area contributed by atoms with Gasteiger partial charge in [-0.05, 0) is 19.1 Å². The van der Waals surface area contributed by atoms with Crippen LogP contribution < -0.4 is 10.9 Å². The minimum Gasteiger partial charge on any atom is -0.446 e. The van der Waals surface area contributed by atoms with E-state index in [-0.39, 0.29) is 17.9 Å². The van der Waals surface area contributed by atoms with E-state index in [1.165, 1.54) is 0 Å². The number of oxazole rings is 1. The molecule has 0 aliphatic carbocycles. The summed E-state index contributed by atoms with van der Waals surface area (Å²) < 4.78 is 5.33. The molecule has 1 aromatic carbocycles. The van der Waals surface area contributed by atoms with Gasteiger partial charge in [0.2, 0.25) is 5.91 Å². The fourth-order valence-electron chi connectivity index (χ4n) is 2.38. The van der Waals surface area contributed by atoms with Gasteiger partial charge in [0.1, 0.15) is 11.5 Å². The van der Waals surface area contributed by atoms with E-state index >= 15 is 0 Å². The number of carbonyl (C=O) groups excluding carboxylic acids is 1. The predicted molar refractivity (Wildman–Crippen MR) is 88.6 cm³/mol. The van der Waals surface area contributed by atoms with Crippen molar-refractivity contribution >= 4 is 16.9 Å². The molecule has 0 atom stereocenters. The van der Waals surface area contributed by atoms with Gasteiger partial charge in [-0.1, -0.05) is 12.1 Å². The van der Waals surface area contributed by atoms with Crippen molar-refractivity contribution in [2.45, 2.75) is 26.2 Å². The second-order valence-electron chi connectivity index (χ2n) is 5.49. The molecule has 0 unspecified atom stereocenters. The van der Waals surface area contributed by atoms with E-state index in [4.69, 9.17) is 4.42 Å². The summed E-state index contributed by atoms with van der Waals surface area (Å²) in [6, 6.07) is 7.31. The molecule has 0 spiro atoms. The van der Waals surface area contributed by atoms with Crippen molar-refractivity contribution in [3.8, 4) is 0 Å². The largest absolute Gasteiger partial charge is 0.446 e. The number of H-pyrrole nitrogens is 1. The molecule has 124 valence electrons. The zero-order chi connectivity index (χ0) is 16.9.